The molecule has 2 atom stereocenters. The molecule has 0 bridgehead atoms. The fourth-order valence-electron chi connectivity index (χ4n) is 2.54. The van der Waals surface area contributed by atoms with Crippen molar-refractivity contribution in [3.05, 3.63) is 59.9 Å². The molecule has 3 rings (SSSR count). The molecule has 0 spiro atoms. The fourth-order valence-corrected chi connectivity index (χ4v) is 3.80. The number of benzene rings is 1. The van der Waals surface area contributed by atoms with Crippen molar-refractivity contribution in [1.82, 2.24) is 9.88 Å². The average molecular weight is 314 g/mol. The Balaban J connectivity index is 1.83. The SMILES string of the molecule is COc1ccc(CN2C(=O)[C@@H](C)S[C@@H]2c2cccnc2)cc1. The molecule has 0 unspecified atom stereocenters. The van der Waals surface area contributed by atoms with Gasteiger partial charge in [0.05, 0.1) is 12.4 Å². The second kappa shape index (κ2) is 6.40. The van der Waals surface area contributed by atoms with Crippen molar-refractivity contribution in [3.63, 3.8) is 0 Å². The number of methoxy groups -OCH3 is 1. The highest BCUT2D eigenvalue weighted by atomic mass is 32.2. The molecule has 1 aromatic carbocycles. The smallest absolute Gasteiger partial charge is 0.236 e. The normalized spacial score (nSPS) is 21.2. The van der Waals surface area contributed by atoms with Gasteiger partial charge in [-0.3, -0.25) is 9.78 Å². The maximum Gasteiger partial charge on any atom is 0.236 e. The van der Waals surface area contributed by atoms with Gasteiger partial charge < -0.3 is 9.64 Å². The number of hydrogen-bond donors (Lipinski definition) is 0. The second-order valence-corrected chi connectivity index (χ2v) is 6.66. The molecule has 1 amide bonds. The van der Waals surface area contributed by atoms with E-state index in [1.807, 2.05) is 54.4 Å². The Bertz CT molecular complexity index is 645. The number of aromatic nitrogens is 1. The molecule has 4 nitrogen and oxygen atoms in total. The van der Waals surface area contributed by atoms with E-state index in [0.29, 0.717) is 6.54 Å². The third-order valence-electron chi connectivity index (χ3n) is 3.73. The largest absolute Gasteiger partial charge is 0.497 e. The molecule has 0 radical (unpaired) electrons. The molecular weight excluding hydrogens is 296 g/mol. The molecule has 1 aliphatic rings. The molecular formula is C17H18N2O2S. The first-order valence-electron chi connectivity index (χ1n) is 7.18. The Hall–Kier alpha value is -2.01. The van der Waals surface area contributed by atoms with Gasteiger partial charge in [0.1, 0.15) is 11.1 Å². The van der Waals surface area contributed by atoms with E-state index in [9.17, 15) is 4.79 Å². The van der Waals surface area contributed by atoms with Crippen LogP contribution < -0.4 is 4.74 Å². The van der Waals surface area contributed by atoms with Gasteiger partial charge in [-0.15, -0.1) is 11.8 Å². The zero-order valence-corrected chi connectivity index (χ0v) is 13.4. The lowest BCUT2D eigenvalue weighted by Gasteiger charge is -2.24. The van der Waals surface area contributed by atoms with Crippen LogP contribution in [0, 0.1) is 0 Å². The first-order valence-corrected chi connectivity index (χ1v) is 8.12. The molecule has 0 aliphatic carbocycles. The van der Waals surface area contributed by atoms with Gasteiger partial charge in [0.15, 0.2) is 0 Å². The van der Waals surface area contributed by atoms with E-state index in [0.717, 1.165) is 16.9 Å². The van der Waals surface area contributed by atoms with Gasteiger partial charge in [-0.1, -0.05) is 18.2 Å². The van der Waals surface area contributed by atoms with Crippen LogP contribution >= 0.6 is 11.8 Å². The summed E-state index contributed by atoms with van der Waals surface area (Å²) in [5.74, 6) is 0.998. The molecule has 1 aliphatic heterocycles. The molecule has 5 heteroatoms. The minimum absolute atomic E-state index is 0.0246. The van der Waals surface area contributed by atoms with Gasteiger partial charge in [0, 0.05) is 24.5 Å². The molecule has 1 fully saturated rings. The highest BCUT2D eigenvalue weighted by molar-refractivity contribution is 8.01. The second-order valence-electron chi connectivity index (χ2n) is 5.23. The lowest BCUT2D eigenvalue weighted by atomic mass is 10.1. The van der Waals surface area contributed by atoms with Crippen LogP contribution in [0.25, 0.3) is 0 Å². The topological polar surface area (TPSA) is 42.4 Å². The van der Waals surface area contributed by atoms with Crippen molar-refractivity contribution in [2.75, 3.05) is 7.11 Å². The number of thioether (sulfide) groups is 1. The maximum absolute atomic E-state index is 12.5. The third kappa shape index (κ3) is 2.95. The molecule has 2 aromatic rings. The molecule has 0 N–H and O–H groups in total. The minimum Gasteiger partial charge on any atom is -0.497 e. The highest BCUT2D eigenvalue weighted by Crippen LogP contribution is 2.43. The van der Waals surface area contributed by atoms with Crippen molar-refractivity contribution >= 4 is 17.7 Å². The van der Waals surface area contributed by atoms with Crippen LogP contribution in [0.2, 0.25) is 0 Å². The van der Waals surface area contributed by atoms with Gasteiger partial charge >= 0.3 is 0 Å². The fraction of sp³-hybridized carbons (Fsp3) is 0.294. The van der Waals surface area contributed by atoms with E-state index in [-0.39, 0.29) is 16.5 Å². The van der Waals surface area contributed by atoms with Crippen LogP contribution in [0.1, 0.15) is 23.4 Å². The Labute approximate surface area is 134 Å². The number of rotatable bonds is 4. The van der Waals surface area contributed by atoms with Crippen LogP contribution in [-0.4, -0.2) is 28.2 Å². The average Bonchev–Trinajstić information content (AvgIpc) is 2.85. The first-order chi connectivity index (χ1) is 10.7. The number of ether oxygens (including phenoxy) is 1. The zero-order chi connectivity index (χ0) is 15.5. The summed E-state index contributed by atoms with van der Waals surface area (Å²) < 4.78 is 5.17. The van der Waals surface area contributed by atoms with E-state index in [1.165, 1.54) is 0 Å². The summed E-state index contributed by atoms with van der Waals surface area (Å²) in [7, 11) is 1.65. The number of hydrogen-bond acceptors (Lipinski definition) is 4. The molecule has 1 aromatic heterocycles. The monoisotopic (exact) mass is 314 g/mol. The molecule has 1 saturated heterocycles. The number of amides is 1. The van der Waals surface area contributed by atoms with Crippen LogP contribution in [-0.2, 0) is 11.3 Å². The molecule has 114 valence electrons. The van der Waals surface area contributed by atoms with Gasteiger partial charge in [0.2, 0.25) is 5.91 Å². The number of carbonyl (C=O) groups is 1. The minimum atomic E-state index is -0.0246. The van der Waals surface area contributed by atoms with Crippen molar-refractivity contribution in [2.24, 2.45) is 0 Å². The highest BCUT2D eigenvalue weighted by Gasteiger charge is 2.38. The Morgan fingerprint density at radius 2 is 2.05 bits per heavy atom. The van der Waals surface area contributed by atoms with E-state index in [2.05, 4.69) is 4.98 Å². The lowest BCUT2D eigenvalue weighted by Crippen LogP contribution is -2.29. The van der Waals surface area contributed by atoms with Gasteiger partial charge in [-0.05, 0) is 30.7 Å². The van der Waals surface area contributed by atoms with Crippen LogP contribution in [0.3, 0.4) is 0 Å². The summed E-state index contributed by atoms with van der Waals surface area (Å²) in [5.41, 5.74) is 2.16. The van der Waals surface area contributed by atoms with Gasteiger partial charge in [-0.2, -0.15) is 0 Å². The maximum atomic E-state index is 12.5. The Morgan fingerprint density at radius 3 is 2.68 bits per heavy atom. The van der Waals surface area contributed by atoms with Crippen LogP contribution in [0.5, 0.6) is 5.75 Å². The summed E-state index contributed by atoms with van der Waals surface area (Å²) in [5, 5.41) is 0.00163. The summed E-state index contributed by atoms with van der Waals surface area (Å²) in [6.07, 6.45) is 3.59. The van der Waals surface area contributed by atoms with Gasteiger partial charge in [0.25, 0.3) is 0 Å². The molecule has 0 saturated carbocycles. The predicted molar refractivity (Wildman–Crippen MR) is 87.6 cm³/mol. The van der Waals surface area contributed by atoms with E-state index in [4.69, 9.17) is 4.74 Å². The van der Waals surface area contributed by atoms with Crippen LogP contribution in [0.15, 0.2) is 48.8 Å². The number of carbonyl (C=O) groups excluding carboxylic acids is 1. The number of nitrogens with zero attached hydrogens (tertiary/aromatic N) is 2. The predicted octanol–water partition coefficient (Wildman–Crippen LogP) is 3.25. The standard InChI is InChI=1S/C17H18N2O2S/c1-12-16(20)19(11-13-5-7-15(21-2)8-6-13)17(22-12)14-4-3-9-18-10-14/h3-10,12,17H,11H2,1-2H3/t12-,17-/m1/s1. The quantitative estimate of drug-likeness (QED) is 0.869. The third-order valence-corrected chi connectivity index (χ3v) is 5.12. The van der Waals surface area contributed by atoms with E-state index in [1.54, 1.807) is 25.1 Å². The summed E-state index contributed by atoms with van der Waals surface area (Å²) in [4.78, 5) is 18.6. The van der Waals surface area contributed by atoms with Gasteiger partial charge in [-0.25, -0.2) is 0 Å². The summed E-state index contributed by atoms with van der Waals surface area (Å²) in [6, 6.07) is 11.8. The first kappa shape index (κ1) is 14.9. The van der Waals surface area contributed by atoms with Crippen molar-refractivity contribution < 1.29 is 9.53 Å². The Morgan fingerprint density at radius 1 is 1.27 bits per heavy atom. The van der Waals surface area contributed by atoms with Crippen molar-refractivity contribution in [1.29, 1.82) is 0 Å². The molecule has 22 heavy (non-hydrogen) atoms. The Kier molecular flexibility index (Phi) is 4.34. The van der Waals surface area contributed by atoms with E-state index >= 15 is 0 Å². The van der Waals surface area contributed by atoms with E-state index < -0.39 is 0 Å². The molecule has 2 heterocycles. The van der Waals surface area contributed by atoms with Crippen molar-refractivity contribution in [3.8, 4) is 5.75 Å². The number of pyridine rings is 1. The summed E-state index contributed by atoms with van der Waals surface area (Å²) >= 11 is 1.67. The lowest BCUT2D eigenvalue weighted by molar-refractivity contribution is -0.130. The zero-order valence-electron chi connectivity index (χ0n) is 12.6. The summed E-state index contributed by atoms with van der Waals surface area (Å²) in [6.45, 7) is 2.56. The van der Waals surface area contributed by atoms with Crippen LogP contribution in [0.4, 0.5) is 0 Å². The van der Waals surface area contributed by atoms with Crippen molar-refractivity contribution in [2.45, 2.75) is 24.1 Å².